The summed E-state index contributed by atoms with van der Waals surface area (Å²) >= 11 is 0. The molecule has 0 saturated carbocycles. The molecule has 4 aromatic carbocycles. The standard InChI is InChI=1S/C30H26N2O2/c1-19(21-11-5-3-6-12-21)31-25-17-18-26(32-20(2)22-13-7-4-8-14-22)28-27(25)29(33)23-15-9-10-16-24(23)30(28)34/h3-20,31-32H,1-2H3/t19-,20-/m1/s1. The quantitative estimate of drug-likeness (QED) is 0.301. The lowest BCUT2D eigenvalue weighted by Crippen LogP contribution is -2.25. The van der Waals surface area contributed by atoms with Crippen molar-refractivity contribution < 1.29 is 9.59 Å². The number of hydrogen-bond acceptors (Lipinski definition) is 4. The van der Waals surface area contributed by atoms with Crippen LogP contribution in [0.1, 0.15) is 68.9 Å². The predicted octanol–water partition coefficient (Wildman–Crippen LogP) is 6.81. The molecule has 0 saturated heterocycles. The molecule has 0 aromatic heterocycles. The zero-order valence-corrected chi connectivity index (χ0v) is 19.2. The van der Waals surface area contributed by atoms with Crippen molar-refractivity contribution in [1.29, 1.82) is 0 Å². The van der Waals surface area contributed by atoms with Crippen molar-refractivity contribution >= 4 is 22.9 Å². The molecule has 34 heavy (non-hydrogen) atoms. The topological polar surface area (TPSA) is 58.2 Å². The molecule has 0 radical (unpaired) electrons. The van der Waals surface area contributed by atoms with Crippen molar-refractivity contribution in [3.8, 4) is 0 Å². The fourth-order valence-electron chi connectivity index (χ4n) is 4.58. The molecule has 2 atom stereocenters. The lowest BCUT2D eigenvalue weighted by molar-refractivity contribution is 0.0980. The van der Waals surface area contributed by atoms with Gasteiger partial charge in [-0.3, -0.25) is 9.59 Å². The van der Waals surface area contributed by atoms with Crippen LogP contribution in [0.4, 0.5) is 11.4 Å². The Morgan fingerprint density at radius 3 is 1.24 bits per heavy atom. The Balaban J connectivity index is 1.60. The van der Waals surface area contributed by atoms with Crippen LogP contribution >= 0.6 is 0 Å². The van der Waals surface area contributed by atoms with E-state index in [0.29, 0.717) is 33.6 Å². The van der Waals surface area contributed by atoms with Gasteiger partial charge < -0.3 is 10.6 Å². The van der Waals surface area contributed by atoms with E-state index in [4.69, 9.17) is 0 Å². The molecule has 0 aliphatic heterocycles. The highest BCUT2D eigenvalue weighted by molar-refractivity contribution is 6.31. The van der Waals surface area contributed by atoms with Gasteiger partial charge in [-0.1, -0.05) is 84.9 Å². The first-order valence-corrected chi connectivity index (χ1v) is 11.5. The number of nitrogens with one attached hydrogen (secondary N) is 2. The second-order valence-corrected chi connectivity index (χ2v) is 8.67. The van der Waals surface area contributed by atoms with E-state index in [1.165, 1.54) is 0 Å². The van der Waals surface area contributed by atoms with Gasteiger partial charge in [-0.2, -0.15) is 0 Å². The van der Waals surface area contributed by atoms with Gasteiger partial charge in [0.05, 0.1) is 11.1 Å². The number of anilines is 2. The van der Waals surface area contributed by atoms with Crippen LogP contribution in [-0.2, 0) is 0 Å². The average Bonchev–Trinajstić information content (AvgIpc) is 2.89. The first-order chi connectivity index (χ1) is 16.5. The van der Waals surface area contributed by atoms with Crippen LogP contribution in [0, 0.1) is 0 Å². The van der Waals surface area contributed by atoms with Crippen molar-refractivity contribution in [3.63, 3.8) is 0 Å². The fraction of sp³-hybridized carbons (Fsp3) is 0.133. The van der Waals surface area contributed by atoms with Crippen LogP contribution in [0.3, 0.4) is 0 Å². The summed E-state index contributed by atoms with van der Waals surface area (Å²) in [4.78, 5) is 27.4. The highest BCUT2D eigenvalue weighted by Gasteiger charge is 2.34. The molecule has 4 nitrogen and oxygen atoms in total. The average molecular weight is 447 g/mol. The lowest BCUT2D eigenvalue weighted by Gasteiger charge is -2.27. The van der Waals surface area contributed by atoms with Crippen molar-refractivity contribution in [1.82, 2.24) is 0 Å². The maximum atomic E-state index is 13.7. The molecule has 5 rings (SSSR count). The van der Waals surface area contributed by atoms with Crippen LogP contribution in [0.5, 0.6) is 0 Å². The van der Waals surface area contributed by atoms with E-state index >= 15 is 0 Å². The fourth-order valence-corrected chi connectivity index (χ4v) is 4.58. The summed E-state index contributed by atoms with van der Waals surface area (Å²) in [5, 5.41) is 6.96. The summed E-state index contributed by atoms with van der Waals surface area (Å²) in [6, 6.07) is 30.9. The van der Waals surface area contributed by atoms with E-state index in [-0.39, 0.29) is 23.7 Å². The van der Waals surface area contributed by atoms with Crippen molar-refractivity contribution in [3.05, 3.63) is 130 Å². The molecule has 2 N–H and O–H groups in total. The van der Waals surface area contributed by atoms with Gasteiger partial charge in [0.2, 0.25) is 0 Å². The second-order valence-electron chi connectivity index (χ2n) is 8.67. The molecule has 0 unspecified atom stereocenters. The monoisotopic (exact) mass is 446 g/mol. The van der Waals surface area contributed by atoms with Gasteiger partial charge >= 0.3 is 0 Å². The minimum absolute atomic E-state index is 0.0348. The first kappa shape index (κ1) is 21.7. The number of carbonyl (C=O) groups excluding carboxylic acids is 2. The minimum atomic E-state index is -0.135. The summed E-state index contributed by atoms with van der Waals surface area (Å²) in [6.07, 6.45) is 0. The Kier molecular flexibility index (Phi) is 5.72. The minimum Gasteiger partial charge on any atom is -0.378 e. The third kappa shape index (κ3) is 3.88. The Bertz CT molecular complexity index is 1260. The molecule has 0 fully saturated rings. The molecule has 168 valence electrons. The summed E-state index contributed by atoms with van der Waals surface area (Å²) < 4.78 is 0. The van der Waals surface area contributed by atoms with Gasteiger partial charge in [0.25, 0.3) is 0 Å². The largest absolute Gasteiger partial charge is 0.378 e. The summed E-state index contributed by atoms with van der Waals surface area (Å²) in [7, 11) is 0. The molecule has 0 amide bonds. The highest BCUT2D eigenvalue weighted by Crippen LogP contribution is 2.38. The third-order valence-corrected chi connectivity index (χ3v) is 6.42. The van der Waals surface area contributed by atoms with Crippen molar-refractivity contribution in [2.75, 3.05) is 10.6 Å². The van der Waals surface area contributed by atoms with E-state index in [1.54, 1.807) is 24.3 Å². The lowest BCUT2D eigenvalue weighted by atomic mass is 9.82. The molecule has 4 aromatic rings. The number of rotatable bonds is 6. The van der Waals surface area contributed by atoms with E-state index in [1.807, 2.05) is 72.8 Å². The van der Waals surface area contributed by atoms with Crippen molar-refractivity contribution in [2.24, 2.45) is 0 Å². The van der Waals surface area contributed by atoms with Gasteiger partial charge in [-0.15, -0.1) is 0 Å². The second kappa shape index (κ2) is 8.99. The number of hydrogen-bond donors (Lipinski definition) is 2. The molecule has 0 spiro atoms. The summed E-state index contributed by atoms with van der Waals surface area (Å²) in [5.41, 5.74) is 5.28. The summed E-state index contributed by atoms with van der Waals surface area (Å²) in [6.45, 7) is 4.10. The van der Waals surface area contributed by atoms with E-state index in [9.17, 15) is 9.59 Å². The van der Waals surface area contributed by atoms with Gasteiger partial charge in [0, 0.05) is 34.6 Å². The SMILES string of the molecule is C[C@@H](Nc1ccc(N[C@H](C)c2ccccc2)c2c1C(=O)c1ccccc1C2=O)c1ccccc1. The smallest absolute Gasteiger partial charge is 0.196 e. The zero-order chi connectivity index (χ0) is 23.7. The van der Waals surface area contributed by atoms with Gasteiger partial charge in [-0.05, 0) is 37.1 Å². The normalized spacial score (nSPS) is 14.1. The van der Waals surface area contributed by atoms with E-state index < -0.39 is 0 Å². The molecular weight excluding hydrogens is 420 g/mol. The van der Waals surface area contributed by atoms with Crippen molar-refractivity contribution in [2.45, 2.75) is 25.9 Å². The van der Waals surface area contributed by atoms with Gasteiger partial charge in [-0.25, -0.2) is 0 Å². The summed E-state index contributed by atoms with van der Waals surface area (Å²) in [5.74, 6) is -0.270. The first-order valence-electron chi connectivity index (χ1n) is 11.5. The number of carbonyl (C=O) groups is 2. The Morgan fingerprint density at radius 1 is 0.500 bits per heavy atom. The Labute approximate surface area is 199 Å². The predicted molar refractivity (Wildman–Crippen MR) is 137 cm³/mol. The third-order valence-electron chi connectivity index (χ3n) is 6.42. The van der Waals surface area contributed by atoms with Crippen LogP contribution in [0.25, 0.3) is 0 Å². The maximum absolute atomic E-state index is 13.7. The molecule has 0 heterocycles. The van der Waals surface area contributed by atoms with Crippen LogP contribution in [0.15, 0.2) is 97.1 Å². The van der Waals surface area contributed by atoms with Gasteiger partial charge in [0.15, 0.2) is 11.6 Å². The van der Waals surface area contributed by atoms with E-state index in [0.717, 1.165) is 11.1 Å². The Morgan fingerprint density at radius 2 is 0.853 bits per heavy atom. The molecule has 0 bridgehead atoms. The Hall–Kier alpha value is -4.18. The van der Waals surface area contributed by atoms with E-state index in [2.05, 4.69) is 24.5 Å². The maximum Gasteiger partial charge on any atom is 0.196 e. The van der Waals surface area contributed by atoms with Crippen LogP contribution < -0.4 is 10.6 Å². The van der Waals surface area contributed by atoms with Crippen LogP contribution in [0.2, 0.25) is 0 Å². The highest BCUT2D eigenvalue weighted by atomic mass is 16.1. The zero-order valence-electron chi connectivity index (χ0n) is 19.2. The number of benzene rings is 4. The van der Waals surface area contributed by atoms with Gasteiger partial charge in [0.1, 0.15) is 0 Å². The number of ketones is 2. The molecular formula is C30H26N2O2. The number of fused-ring (bicyclic) bond motifs is 2. The van der Waals surface area contributed by atoms with Crippen LogP contribution in [-0.4, -0.2) is 11.6 Å². The molecule has 1 aliphatic carbocycles. The molecule has 4 heteroatoms. The molecule has 1 aliphatic rings.